The Kier molecular flexibility index (Phi) is 2.21. The number of carbonyl (C=O) groups is 1. The molecule has 4 aliphatic rings. The van der Waals surface area contributed by atoms with Crippen molar-refractivity contribution in [1.29, 1.82) is 0 Å². The Bertz CT molecular complexity index is 376. The summed E-state index contributed by atoms with van der Waals surface area (Å²) in [6.07, 6.45) is 5.99. The van der Waals surface area contributed by atoms with Crippen molar-refractivity contribution in [3.63, 3.8) is 0 Å². The third-order valence-corrected chi connectivity index (χ3v) is 4.97. The maximum atomic E-state index is 12.0. The highest BCUT2D eigenvalue weighted by Crippen LogP contribution is 2.44. The van der Waals surface area contributed by atoms with Crippen molar-refractivity contribution in [2.45, 2.75) is 56.0 Å². The van der Waals surface area contributed by atoms with Gasteiger partial charge in [0.15, 0.2) is 0 Å². The number of fused-ring (bicyclic) bond motifs is 2. The second-order valence-electron chi connectivity index (χ2n) is 6.40. The number of nitrogens with one attached hydrogen (secondary N) is 1. The molecule has 4 rings (SSSR count). The van der Waals surface area contributed by atoms with E-state index in [-0.39, 0.29) is 18.2 Å². The van der Waals surface area contributed by atoms with E-state index in [2.05, 4.69) is 5.32 Å². The molecule has 18 heavy (non-hydrogen) atoms. The van der Waals surface area contributed by atoms with Gasteiger partial charge < -0.3 is 20.1 Å². The molecule has 5 heteroatoms. The van der Waals surface area contributed by atoms with Crippen LogP contribution in [0.4, 0.5) is 4.79 Å². The average Bonchev–Trinajstić information content (AvgIpc) is 2.97. The van der Waals surface area contributed by atoms with E-state index >= 15 is 0 Å². The first-order chi connectivity index (χ1) is 8.64. The van der Waals surface area contributed by atoms with Crippen LogP contribution in [-0.4, -0.2) is 53.0 Å². The number of hydrogen-bond acceptors (Lipinski definition) is 3. The largest absolute Gasteiger partial charge is 0.386 e. The van der Waals surface area contributed by atoms with E-state index in [1.54, 1.807) is 4.90 Å². The van der Waals surface area contributed by atoms with Crippen LogP contribution in [0.5, 0.6) is 0 Å². The standard InChI is InChI=1S/C13H20N2O3/c16-12(14-10-5-9-3-4-11(10)18-9)15-6-13(17,7-15)8-1-2-8/h8-11,17H,1-7H2,(H,14,16). The van der Waals surface area contributed by atoms with Gasteiger partial charge in [-0.1, -0.05) is 0 Å². The molecule has 5 nitrogen and oxygen atoms in total. The first kappa shape index (κ1) is 11.1. The molecule has 2 N–H and O–H groups in total. The predicted molar refractivity (Wildman–Crippen MR) is 64.1 cm³/mol. The van der Waals surface area contributed by atoms with E-state index in [9.17, 15) is 9.90 Å². The second kappa shape index (κ2) is 3.61. The van der Waals surface area contributed by atoms with Gasteiger partial charge in [0, 0.05) is 0 Å². The Balaban J connectivity index is 1.30. The summed E-state index contributed by atoms with van der Waals surface area (Å²) in [6, 6.07) is 0.160. The molecule has 100 valence electrons. The number of carbonyl (C=O) groups excluding carboxylic acids is 1. The lowest BCUT2D eigenvalue weighted by Crippen LogP contribution is -2.67. The first-order valence-electron chi connectivity index (χ1n) is 7.07. The summed E-state index contributed by atoms with van der Waals surface area (Å²) in [6.45, 7) is 1.01. The number of urea groups is 1. The molecule has 3 unspecified atom stereocenters. The fourth-order valence-electron chi connectivity index (χ4n) is 3.68. The Morgan fingerprint density at radius 3 is 2.61 bits per heavy atom. The van der Waals surface area contributed by atoms with Crippen LogP contribution in [0.1, 0.15) is 32.1 Å². The van der Waals surface area contributed by atoms with Gasteiger partial charge in [0.2, 0.25) is 0 Å². The zero-order valence-electron chi connectivity index (χ0n) is 10.5. The van der Waals surface area contributed by atoms with Gasteiger partial charge >= 0.3 is 6.03 Å². The zero-order valence-corrected chi connectivity index (χ0v) is 10.5. The monoisotopic (exact) mass is 252 g/mol. The molecule has 1 aliphatic carbocycles. The topological polar surface area (TPSA) is 61.8 Å². The van der Waals surface area contributed by atoms with Crippen molar-refractivity contribution in [2.75, 3.05) is 13.1 Å². The molecule has 0 spiro atoms. The quantitative estimate of drug-likeness (QED) is 0.751. The summed E-state index contributed by atoms with van der Waals surface area (Å²) < 4.78 is 5.72. The molecule has 2 amide bonds. The van der Waals surface area contributed by atoms with Gasteiger partial charge in [0.05, 0.1) is 31.3 Å². The first-order valence-corrected chi connectivity index (χ1v) is 7.07. The minimum absolute atomic E-state index is 0.0264. The summed E-state index contributed by atoms with van der Waals surface area (Å²) in [5.74, 6) is 0.437. The number of likely N-dealkylation sites (tertiary alicyclic amines) is 1. The third kappa shape index (κ3) is 1.64. The molecule has 0 radical (unpaired) electrons. The Morgan fingerprint density at radius 1 is 1.28 bits per heavy atom. The van der Waals surface area contributed by atoms with E-state index in [4.69, 9.17) is 4.74 Å². The molecule has 3 saturated heterocycles. The molecule has 1 saturated carbocycles. The highest BCUT2D eigenvalue weighted by Gasteiger charge is 2.53. The van der Waals surface area contributed by atoms with E-state index in [0.717, 1.165) is 32.1 Å². The van der Waals surface area contributed by atoms with Crippen LogP contribution in [0.25, 0.3) is 0 Å². The average molecular weight is 252 g/mol. The Labute approximate surface area is 106 Å². The summed E-state index contributed by atoms with van der Waals surface area (Å²) in [5.41, 5.74) is -0.581. The van der Waals surface area contributed by atoms with E-state index in [1.165, 1.54) is 0 Å². The molecule has 3 atom stereocenters. The Hall–Kier alpha value is -0.810. The summed E-state index contributed by atoms with van der Waals surface area (Å²) >= 11 is 0. The van der Waals surface area contributed by atoms with Crippen LogP contribution in [-0.2, 0) is 4.74 Å². The minimum atomic E-state index is -0.581. The van der Waals surface area contributed by atoms with Crippen LogP contribution in [0.15, 0.2) is 0 Å². The van der Waals surface area contributed by atoms with Gasteiger partial charge in [0.1, 0.15) is 5.60 Å². The number of rotatable bonds is 2. The molecule has 3 heterocycles. The molecule has 2 bridgehead atoms. The fraction of sp³-hybridized carbons (Fsp3) is 0.923. The van der Waals surface area contributed by atoms with Crippen molar-refractivity contribution in [2.24, 2.45) is 5.92 Å². The van der Waals surface area contributed by atoms with Crippen LogP contribution in [0.2, 0.25) is 0 Å². The SMILES string of the molecule is O=C(NC1CC2CCC1O2)N1CC(O)(C2CC2)C1. The number of amides is 2. The van der Waals surface area contributed by atoms with Crippen LogP contribution in [0.3, 0.4) is 0 Å². The third-order valence-electron chi connectivity index (χ3n) is 4.97. The van der Waals surface area contributed by atoms with Crippen molar-refractivity contribution >= 4 is 6.03 Å². The number of aliphatic hydroxyl groups is 1. The highest BCUT2D eigenvalue weighted by atomic mass is 16.5. The van der Waals surface area contributed by atoms with Gasteiger partial charge in [-0.2, -0.15) is 0 Å². The van der Waals surface area contributed by atoms with Crippen molar-refractivity contribution in [3.8, 4) is 0 Å². The second-order valence-corrected chi connectivity index (χ2v) is 6.40. The van der Waals surface area contributed by atoms with E-state index in [0.29, 0.717) is 25.1 Å². The lowest BCUT2D eigenvalue weighted by Gasteiger charge is -2.47. The highest BCUT2D eigenvalue weighted by molar-refractivity contribution is 5.76. The number of β-amino-alcohol motifs (C(OH)–C–C–N with tert-alkyl or cyclic N) is 1. The molecular formula is C13H20N2O3. The van der Waals surface area contributed by atoms with Crippen molar-refractivity contribution in [3.05, 3.63) is 0 Å². The molecule has 0 aromatic rings. The predicted octanol–water partition coefficient (Wildman–Crippen LogP) is 0.473. The molecule has 3 aliphatic heterocycles. The number of nitrogens with zero attached hydrogens (tertiary/aromatic N) is 1. The van der Waals surface area contributed by atoms with Crippen LogP contribution >= 0.6 is 0 Å². The molecule has 4 fully saturated rings. The minimum Gasteiger partial charge on any atom is -0.386 e. The van der Waals surface area contributed by atoms with Crippen LogP contribution in [0, 0.1) is 5.92 Å². The number of ether oxygens (including phenoxy) is 1. The lowest BCUT2D eigenvalue weighted by atomic mass is 9.89. The maximum Gasteiger partial charge on any atom is 0.317 e. The number of hydrogen-bond donors (Lipinski definition) is 2. The Morgan fingerprint density at radius 2 is 2.06 bits per heavy atom. The summed E-state index contributed by atoms with van der Waals surface area (Å²) in [7, 11) is 0. The molecular weight excluding hydrogens is 232 g/mol. The van der Waals surface area contributed by atoms with Gasteiger partial charge in [-0.3, -0.25) is 0 Å². The van der Waals surface area contributed by atoms with E-state index in [1.807, 2.05) is 0 Å². The lowest BCUT2D eigenvalue weighted by molar-refractivity contribution is -0.0922. The maximum absolute atomic E-state index is 12.0. The van der Waals surface area contributed by atoms with Gasteiger partial charge in [0.25, 0.3) is 0 Å². The normalized spacial score (nSPS) is 40.7. The van der Waals surface area contributed by atoms with Crippen molar-refractivity contribution in [1.82, 2.24) is 10.2 Å². The smallest absolute Gasteiger partial charge is 0.317 e. The molecule has 0 aromatic heterocycles. The van der Waals surface area contributed by atoms with Crippen LogP contribution < -0.4 is 5.32 Å². The summed E-state index contributed by atoms with van der Waals surface area (Å²) in [4.78, 5) is 13.8. The summed E-state index contributed by atoms with van der Waals surface area (Å²) in [5, 5.41) is 13.2. The van der Waals surface area contributed by atoms with Crippen molar-refractivity contribution < 1.29 is 14.6 Å². The zero-order chi connectivity index (χ0) is 12.3. The molecule has 0 aromatic carbocycles. The van der Waals surface area contributed by atoms with Gasteiger partial charge in [-0.25, -0.2) is 4.79 Å². The fourth-order valence-corrected chi connectivity index (χ4v) is 3.68. The van der Waals surface area contributed by atoms with E-state index < -0.39 is 5.60 Å². The van der Waals surface area contributed by atoms with Gasteiger partial charge in [-0.05, 0) is 38.0 Å². The van der Waals surface area contributed by atoms with Gasteiger partial charge in [-0.15, -0.1) is 0 Å².